The maximum Gasteiger partial charge on any atom is 0.331 e. The second-order valence-electron chi connectivity index (χ2n) is 7.80. The van der Waals surface area contributed by atoms with Crippen molar-refractivity contribution in [1.29, 1.82) is 0 Å². The molecule has 0 bridgehead atoms. The van der Waals surface area contributed by atoms with Crippen LogP contribution in [0.1, 0.15) is 25.0 Å². The SMILES string of the molecule is CC(C)Oc1ccc(N2CSC(=NCc3ccccc3)N(Cc3ccccc3)C2=O)cc1. The fraction of sp³-hybridized carbons (Fsp3) is 0.231. The van der Waals surface area contributed by atoms with Crippen molar-refractivity contribution in [1.82, 2.24) is 4.90 Å². The number of urea groups is 1. The third-order valence-corrected chi connectivity index (χ3v) is 5.95. The predicted molar refractivity (Wildman–Crippen MR) is 132 cm³/mol. The molecular weight excluding hydrogens is 418 g/mol. The molecule has 0 aromatic heterocycles. The first-order chi connectivity index (χ1) is 15.6. The van der Waals surface area contributed by atoms with E-state index in [1.165, 1.54) is 0 Å². The number of anilines is 1. The molecule has 0 saturated carbocycles. The fourth-order valence-electron chi connectivity index (χ4n) is 3.42. The van der Waals surface area contributed by atoms with Crippen LogP contribution in [0.5, 0.6) is 5.75 Å². The minimum Gasteiger partial charge on any atom is -0.491 e. The van der Waals surface area contributed by atoms with Crippen LogP contribution >= 0.6 is 11.8 Å². The summed E-state index contributed by atoms with van der Waals surface area (Å²) >= 11 is 1.58. The van der Waals surface area contributed by atoms with E-state index in [0.717, 1.165) is 27.7 Å². The minimum absolute atomic E-state index is 0.0723. The van der Waals surface area contributed by atoms with Gasteiger partial charge in [-0.3, -0.25) is 14.8 Å². The van der Waals surface area contributed by atoms with Crippen molar-refractivity contribution in [2.75, 3.05) is 10.8 Å². The maximum atomic E-state index is 13.5. The summed E-state index contributed by atoms with van der Waals surface area (Å²) < 4.78 is 5.74. The van der Waals surface area contributed by atoms with Crippen molar-refractivity contribution in [3.05, 3.63) is 96.1 Å². The van der Waals surface area contributed by atoms with Crippen LogP contribution in [-0.2, 0) is 13.1 Å². The molecule has 0 spiro atoms. The van der Waals surface area contributed by atoms with Gasteiger partial charge in [-0.15, -0.1) is 0 Å². The Kier molecular flexibility index (Phi) is 7.12. The Labute approximate surface area is 193 Å². The molecule has 1 aliphatic rings. The number of ether oxygens (including phenoxy) is 1. The number of rotatable bonds is 7. The van der Waals surface area contributed by atoms with Crippen molar-refractivity contribution in [2.24, 2.45) is 4.99 Å². The van der Waals surface area contributed by atoms with Gasteiger partial charge in [-0.25, -0.2) is 4.79 Å². The van der Waals surface area contributed by atoms with Gasteiger partial charge in [0, 0.05) is 5.69 Å². The van der Waals surface area contributed by atoms with Gasteiger partial charge in [0.05, 0.1) is 25.1 Å². The number of hydrogen-bond acceptors (Lipinski definition) is 4. The van der Waals surface area contributed by atoms with Crippen molar-refractivity contribution >= 4 is 28.6 Å². The molecule has 1 fully saturated rings. The van der Waals surface area contributed by atoms with E-state index in [4.69, 9.17) is 9.73 Å². The highest BCUT2D eigenvalue weighted by atomic mass is 32.2. The fourth-order valence-corrected chi connectivity index (χ4v) is 4.38. The monoisotopic (exact) mass is 445 g/mol. The van der Waals surface area contributed by atoms with Crippen LogP contribution in [0.25, 0.3) is 0 Å². The van der Waals surface area contributed by atoms with Gasteiger partial charge in [-0.1, -0.05) is 72.4 Å². The number of carbonyl (C=O) groups is 1. The Morgan fingerprint density at radius 3 is 2.16 bits per heavy atom. The number of thioether (sulfide) groups is 1. The Hall–Kier alpha value is -3.25. The minimum atomic E-state index is -0.0723. The molecule has 1 heterocycles. The number of carbonyl (C=O) groups excluding carboxylic acids is 1. The molecule has 0 aliphatic carbocycles. The zero-order chi connectivity index (χ0) is 22.3. The molecule has 4 rings (SSSR count). The van der Waals surface area contributed by atoms with E-state index in [1.807, 2.05) is 98.8 Å². The summed E-state index contributed by atoms with van der Waals surface area (Å²) in [5.41, 5.74) is 3.03. The topological polar surface area (TPSA) is 45.1 Å². The van der Waals surface area contributed by atoms with E-state index >= 15 is 0 Å². The van der Waals surface area contributed by atoms with Gasteiger partial charge in [-0.2, -0.15) is 0 Å². The van der Waals surface area contributed by atoms with E-state index in [1.54, 1.807) is 21.6 Å². The second-order valence-corrected chi connectivity index (χ2v) is 8.71. The lowest BCUT2D eigenvalue weighted by molar-refractivity contribution is 0.226. The molecule has 3 aromatic rings. The third-order valence-electron chi connectivity index (χ3n) is 4.96. The zero-order valence-electron chi connectivity index (χ0n) is 18.3. The van der Waals surface area contributed by atoms with Gasteiger partial charge in [0.15, 0.2) is 5.17 Å². The Bertz CT molecular complexity index is 1050. The van der Waals surface area contributed by atoms with E-state index < -0.39 is 0 Å². The Morgan fingerprint density at radius 1 is 0.906 bits per heavy atom. The lowest BCUT2D eigenvalue weighted by Crippen LogP contribution is -2.49. The molecular formula is C26H27N3O2S. The van der Waals surface area contributed by atoms with Crippen LogP contribution < -0.4 is 9.64 Å². The van der Waals surface area contributed by atoms with Gasteiger partial charge in [0.25, 0.3) is 0 Å². The number of benzene rings is 3. The highest BCUT2D eigenvalue weighted by Gasteiger charge is 2.32. The maximum absolute atomic E-state index is 13.5. The highest BCUT2D eigenvalue weighted by molar-refractivity contribution is 8.14. The molecule has 0 N–H and O–H groups in total. The number of hydrogen-bond donors (Lipinski definition) is 0. The molecule has 0 atom stereocenters. The lowest BCUT2D eigenvalue weighted by Gasteiger charge is -2.36. The van der Waals surface area contributed by atoms with E-state index in [9.17, 15) is 4.79 Å². The van der Waals surface area contributed by atoms with E-state index in [-0.39, 0.29) is 12.1 Å². The molecule has 1 aliphatic heterocycles. The summed E-state index contributed by atoms with van der Waals surface area (Å²) in [6.45, 7) is 5.02. The molecule has 32 heavy (non-hydrogen) atoms. The summed E-state index contributed by atoms with van der Waals surface area (Å²) in [6.07, 6.45) is 0.109. The van der Waals surface area contributed by atoms with Crippen LogP contribution in [0.15, 0.2) is 89.9 Å². The average molecular weight is 446 g/mol. The first kappa shape index (κ1) is 22.0. The van der Waals surface area contributed by atoms with Crippen LogP contribution in [-0.4, -0.2) is 28.1 Å². The molecule has 5 nitrogen and oxygen atoms in total. The smallest absolute Gasteiger partial charge is 0.331 e. The summed E-state index contributed by atoms with van der Waals surface area (Å²) in [6, 6.07) is 27.7. The van der Waals surface area contributed by atoms with Crippen molar-refractivity contribution in [3.8, 4) is 5.75 Å². The summed E-state index contributed by atoms with van der Waals surface area (Å²) in [7, 11) is 0. The average Bonchev–Trinajstić information content (AvgIpc) is 2.81. The first-order valence-electron chi connectivity index (χ1n) is 10.7. The van der Waals surface area contributed by atoms with E-state index in [2.05, 4.69) is 0 Å². The zero-order valence-corrected chi connectivity index (χ0v) is 19.2. The Morgan fingerprint density at radius 2 is 1.53 bits per heavy atom. The third kappa shape index (κ3) is 5.51. The summed E-state index contributed by atoms with van der Waals surface area (Å²) in [5, 5.41) is 0.749. The normalized spacial score (nSPS) is 15.5. The first-order valence-corrected chi connectivity index (χ1v) is 11.7. The van der Waals surface area contributed by atoms with Gasteiger partial charge >= 0.3 is 6.03 Å². The molecule has 0 unspecified atom stereocenters. The molecule has 0 radical (unpaired) electrons. The molecule has 1 saturated heterocycles. The number of nitrogens with zero attached hydrogens (tertiary/aromatic N) is 3. The molecule has 3 aromatic carbocycles. The van der Waals surface area contributed by atoms with Crippen molar-refractivity contribution in [2.45, 2.75) is 33.0 Å². The summed E-state index contributed by atoms with van der Waals surface area (Å²) in [4.78, 5) is 21.9. The van der Waals surface area contributed by atoms with Crippen molar-refractivity contribution in [3.63, 3.8) is 0 Å². The van der Waals surface area contributed by atoms with Crippen LogP contribution in [0.3, 0.4) is 0 Å². The number of amides is 2. The largest absolute Gasteiger partial charge is 0.491 e. The Balaban J connectivity index is 1.57. The number of amidine groups is 1. The van der Waals surface area contributed by atoms with Gasteiger partial charge in [0.2, 0.25) is 0 Å². The predicted octanol–water partition coefficient (Wildman–Crippen LogP) is 6.16. The van der Waals surface area contributed by atoms with Crippen LogP contribution in [0.4, 0.5) is 10.5 Å². The standard InChI is InChI=1S/C26H27N3O2S/c1-20(2)31-24-15-13-23(14-16-24)29-19-32-25(27-17-21-9-5-3-6-10-21)28(26(29)30)18-22-11-7-4-8-12-22/h3-16,20H,17-19H2,1-2H3. The molecule has 164 valence electrons. The lowest BCUT2D eigenvalue weighted by atomic mass is 10.2. The molecule has 2 amide bonds. The van der Waals surface area contributed by atoms with Crippen molar-refractivity contribution < 1.29 is 9.53 Å². The van der Waals surface area contributed by atoms with Gasteiger partial charge in [-0.05, 0) is 49.2 Å². The van der Waals surface area contributed by atoms with Gasteiger partial charge in [0.1, 0.15) is 5.75 Å². The highest BCUT2D eigenvalue weighted by Crippen LogP contribution is 2.29. The summed E-state index contributed by atoms with van der Waals surface area (Å²) in [5.74, 6) is 1.31. The van der Waals surface area contributed by atoms with Crippen LogP contribution in [0.2, 0.25) is 0 Å². The number of aliphatic imine (C=N–C) groups is 1. The molecule has 6 heteroatoms. The van der Waals surface area contributed by atoms with Crippen LogP contribution in [0, 0.1) is 0 Å². The van der Waals surface area contributed by atoms with E-state index in [0.29, 0.717) is 19.0 Å². The second kappa shape index (κ2) is 10.4. The van der Waals surface area contributed by atoms with Gasteiger partial charge < -0.3 is 4.74 Å². The quantitative estimate of drug-likeness (QED) is 0.437.